The van der Waals surface area contributed by atoms with Gasteiger partial charge in [-0.1, -0.05) is 42.7 Å². The van der Waals surface area contributed by atoms with Crippen LogP contribution in [0.4, 0.5) is 0 Å². The van der Waals surface area contributed by atoms with Crippen molar-refractivity contribution in [1.82, 2.24) is 4.57 Å². The first-order chi connectivity index (χ1) is 19.7. The molecule has 10 heteroatoms. The van der Waals surface area contributed by atoms with E-state index in [0.717, 1.165) is 34.8 Å². The Labute approximate surface area is 237 Å². The molecule has 2 aliphatic heterocycles. The van der Waals surface area contributed by atoms with Gasteiger partial charge in [-0.15, -0.1) is 0 Å². The van der Waals surface area contributed by atoms with E-state index >= 15 is 0 Å². The lowest BCUT2D eigenvalue weighted by Crippen LogP contribution is -2.58. The van der Waals surface area contributed by atoms with Crippen molar-refractivity contribution in [2.24, 2.45) is 0 Å². The predicted molar refractivity (Wildman–Crippen MR) is 150 cm³/mol. The summed E-state index contributed by atoms with van der Waals surface area (Å²) in [4.78, 5) is 0. The molecule has 0 saturated carbocycles. The van der Waals surface area contributed by atoms with Crippen LogP contribution in [0.5, 0.6) is 0 Å². The smallest absolute Gasteiger partial charge is 0.147 e. The van der Waals surface area contributed by atoms with Crippen LogP contribution in [0.25, 0.3) is 21.8 Å². The van der Waals surface area contributed by atoms with Crippen LogP contribution in [0.15, 0.2) is 36.4 Å². The summed E-state index contributed by atoms with van der Waals surface area (Å²) in [7, 11) is 0. The van der Waals surface area contributed by atoms with Crippen LogP contribution in [0.3, 0.4) is 0 Å². The fourth-order valence-electron chi connectivity index (χ4n) is 5.44. The highest BCUT2D eigenvalue weighted by Gasteiger charge is 2.42. The minimum atomic E-state index is -1.49. The zero-order valence-electron chi connectivity index (χ0n) is 22.6. The summed E-state index contributed by atoms with van der Waals surface area (Å²) in [5.41, 5.74) is 3.28. The van der Waals surface area contributed by atoms with Crippen LogP contribution >= 0.6 is 0 Å². The Morgan fingerprint density at radius 2 is 1.34 bits per heavy atom. The molecule has 0 amide bonds. The fourth-order valence-corrected chi connectivity index (χ4v) is 5.44. The third kappa shape index (κ3) is 5.85. The largest absolute Gasteiger partial charge is 0.394 e. The summed E-state index contributed by atoms with van der Waals surface area (Å²) < 4.78 is 13.3. The molecule has 7 N–H and O–H groups in total. The normalized spacial score (nSPS) is 31.9. The van der Waals surface area contributed by atoms with Gasteiger partial charge in [0, 0.05) is 34.9 Å². The molecule has 0 spiro atoms. The lowest BCUT2D eigenvalue weighted by molar-refractivity contribution is -0.214. The first-order valence-corrected chi connectivity index (χ1v) is 13.8. The summed E-state index contributed by atoms with van der Waals surface area (Å²) in [5, 5.41) is 71.6. The first-order valence-electron chi connectivity index (χ1n) is 13.8. The van der Waals surface area contributed by atoms with E-state index in [4.69, 9.17) is 9.47 Å². The second kappa shape index (κ2) is 12.5. The molecule has 5 rings (SSSR count). The molecule has 1 aromatic heterocycles. The summed E-state index contributed by atoms with van der Waals surface area (Å²) >= 11 is 0. The first kappa shape index (κ1) is 29.5. The third-order valence-corrected chi connectivity index (χ3v) is 7.68. The Morgan fingerprint density at radius 3 is 1.88 bits per heavy atom. The number of fused-ring (bicyclic) bond motifs is 3. The Hall–Kier alpha value is -3.00. The topological polar surface area (TPSA) is 165 Å². The Kier molecular flexibility index (Phi) is 8.97. The monoisotopic (exact) mass is 565 g/mol. The number of ether oxygens (including phenoxy) is 2. The molecular formula is C31H35NO9. The quantitative estimate of drug-likeness (QED) is 0.209. The van der Waals surface area contributed by atoms with Crippen molar-refractivity contribution < 1.29 is 45.2 Å². The third-order valence-electron chi connectivity index (χ3n) is 7.68. The lowest BCUT2D eigenvalue weighted by atomic mass is 9.95. The van der Waals surface area contributed by atoms with E-state index in [-0.39, 0.29) is 13.0 Å². The number of aromatic nitrogens is 1. The van der Waals surface area contributed by atoms with Gasteiger partial charge < -0.3 is 49.8 Å². The van der Waals surface area contributed by atoms with Crippen LogP contribution in [-0.4, -0.2) is 108 Å². The second-order valence-corrected chi connectivity index (χ2v) is 10.6. The standard InChI is InChI=1S/C31H35NO9/c1-2-11-32-22-12-17(5-9-25-28(36)24(35)14-19(15-33)40-25)3-7-20(22)21-8-4-18(13-23(21)32)6-10-26-29(37)31(39)30(38)27(16-34)41-26/h3-4,7-8,12-13,19,24-31,33-39H,2,11,14-16H2,1H3/t19-,24-,25+,26+,27+,28-,29+,30+,31+/m0/s1. The Balaban J connectivity index is 1.47. The Morgan fingerprint density at radius 1 is 0.756 bits per heavy atom. The molecule has 0 radical (unpaired) electrons. The number of nitrogens with zero attached hydrogens (tertiary/aromatic N) is 1. The molecule has 3 aromatic rings. The molecule has 0 bridgehead atoms. The summed E-state index contributed by atoms with van der Waals surface area (Å²) in [6.45, 7) is 2.03. The van der Waals surface area contributed by atoms with Crippen LogP contribution in [-0.2, 0) is 16.0 Å². The lowest BCUT2D eigenvalue weighted by Gasteiger charge is -2.37. The number of rotatable bonds is 4. The molecule has 2 fully saturated rings. The van der Waals surface area contributed by atoms with Gasteiger partial charge in [0.25, 0.3) is 0 Å². The molecule has 9 atom stereocenters. The van der Waals surface area contributed by atoms with Crippen molar-refractivity contribution in [3.8, 4) is 23.7 Å². The molecule has 0 aliphatic carbocycles. The second-order valence-electron chi connectivity index (χ2n) is 10.6. The average Bonchev–Trinajstić information content (AvgIpc) is 3.28. The summed E-state index contributed by atoms with van der Waals surface area (Å²) in [6.07, 6.45) is -9.11. The molecule has 0 unspecified atom stereocenters. The van der Waals surface area contributed by atoms with Crippen LogP contribution in [0.2, 0.25) is 0 Å². The van der Waals surface area contributed by atoms with Gasteiger partial charge >= 0.3 is 0 Å². The molecule has 41 heavy (non-hydrogen) atoms. The van der Waals surface area contributed by atoms with Crippen molar-refractivity contribution >= 4 is 21.8 Å². The maximum Gasteiger partial charge on any atom is 0.147 e. The van der Waals surface area contributed by atoms with Gasteiger partial charge in [0.2, 0.25) is 0 Å². The highest BCUT2D eigenvalue weighted by Crippen LogP contribution is 2.31. The van der Waals surface area contributed by atoms with Crippen molar-refractivity contribution in [2.75, 3.05) is 13.2 Å². The van der Waals surface area contributed by atoms with Gasteiger partial charge in [-0.3, -0.25) is 0 Å². The molecule has 10 nitrogen and oxygen atoms in total. The van der Waals surface area contributed by atoms with Crippen molar-refractivity contribution in [2.45, 2.75) is 81.2 Å². The van der Waals surface area contributed by atoms with E-state index < -0.39 is 61.5 Å². The molecule has 218 valence electrons. The molecule has 3 heterocycles. The average molecular weight is 566 g/mol. The van der Waals surface area contributed by atoms with Crippen molar-refractivity contribution in [3.63, 3.8) is 0 Å². The minimum absolute atomic E-state index is 0.147. The number of hydrogen-bond donors (Lipinski definition) is 7. The van der Waals surface area contributed by atoms with E-state index in [1.165, 1.54) is 0 Å². The van der Waals surface area contributed by atoms with E-state index in [1.807, 2.05) is 36.4 Å². The van der Waals surface area contributed by atoms with E-state index in [9.17, 15) is 35.7 Å². The number of benzene rings is 2. The molecule has 2 aromatic carbocycles. The van der Waals surface area contributed by atoms with Gasteiger partial charge in [0.05, 0.1) is 36.5 Å². The van der Waals surface area contributed by atoms with Crippen LogP contribution in [0, 0.1) is 23.7 Å². The van der Waals surface area contributed by atoms with E-state index in [0.29, 0.717) is 11.1 Å². The van der Waals surface area contributed by atoms with E-state index in [2.05, 4.69) is 35.2 Å². The van der Waals surface area contributed by atoms with Crippen LogP contribution in [0.1, 0.15) is 30.9 Å². The molecular weight excluding hydrogens is 530 g/mol. The zero-order valence-corrected chi connectivity index (χ0v) is 22.6. The van der Waals surface area contributed by atoms with E-state index in [1.54, 1.807) is 0 Å². The number of hydrogen-bond acceptors (Lipinski definition) is 9. The highest BCUT2D eigenvalue weighted by atomic mass is 16.5. The number of aliphatic hydroxyl groups excluding tert-OH is 7. The molecule has 2 saturated heterocycles. The predicted octanol–water partition coefficient (Wildman–Crippen LogP) is -0.379. The SMILES string of the molecule is CCCn1c2cc(C#C[C@H]3O[C@H](CO)[C@@H](O)[C@H](O)[C@@H]3O)ccc2c2ccc(C#C[C@H]3O[C@H](CO)C[C@H](O)[C@@H]3O)cc21. The van der Waals surface area contributed by atoms with Gasteiger partial charge in [-0.25, -0.2) is 0 Å². The maximum atomic E-state index is 10.3. The van der Waals surface area contributed by atoms with Crippen LogP contribution < -0.4 is 0 Å². The van der Waals surface area contributed by atoms with Crippen molar-refractivity contribution in [3.05, 3.63) is 47.5 Å². The van der Waals surface area contributed by atoms with Gasteiger partial charge in [0.15, 0.2) is 0 Å². The Bertz CT molecular complexity index is 1510. The minimum Gasteiger partial charge on any atom is -0.394 e. The van der Waals surface area contributed by atoms with Gasteiger partial charge in [-0.05, 0) is 30.7 Å². The zero-order chi connectivity index (χ0) is 29.3. The van der Waals surface area contributed by atoms with Crippen molar-refractivity contribution in [1.29, 1.82) is 0 Å². The summed E-state index contributed by atoms with van der Waals surface area (Å²) in [5.74, 6) is 11.8. The number of aliphatic hydroxyl groups is 7. The van der Waals surface area contributed by atoms with Gasteiger partial charge in [0.1, 0.15) is 42.7 Å². The molecule has 2 aliphatic rings. The maximum absolute atomic E-state index is 10.3. The van der Waals surface area contributed by atoms with Gasteiger partial charge in [-0.2, -0.15) is 0 Å². The highest BCUT2D eigenvalue weighted by molar-refractivity contribution is 6.08. The number of aryl methyl sites for hydroxylation is 1. The summed E-state index contributed by atoms with van der Waals surface area (Å²) in [6, 6.07) is 11.6. The fraction of sp³-hybridized carbons (Fsp3) is 0.484.